The number of nitrogens with zero attached hydrogens (tertiary/aromatic N) is 1. The molecule has 2 aromatic rings. The molecule has 3 nitrogen and oxygen atoms in total. The lowest BCUT2D eigenvalue weighted by atomic mass is 10.2. The lowest BCUT2D eigenvalue weighted by Gasteiger charge is -2.21. The minimum Gasteiger partial charge on any atom is -0.435 e. The van der Waals surface area contributed by atoms with Crippen LogP contribution in [0.2, 0.25) is 5.02 Å². The molecule has 0 aliphatic heterocycles. The summed E-state index contributed by atoms with van der Waals surface area (Å²) in [4.78, 5) is 15.1. The number of amides is 1. The summed E-state index contributed by atoms with van der Waals surface area (Å²) in [5.74, 6) is 0.0762. The predicted molar refractivity (Wildman–Crippen MR) is 96.3 cm³/mol. The SMILES string of the molecule is CC(Sc1ccc(Cl)cc1)C(=O)N(C)Cc1ccc(OC(F)F)cc1. The van der Waals surface area contributed by atoms with Crippen molar-refractivity contribution in [1.29, 1.82) is 0 Å². The number of halogens is 3. The first-order valence-corrected chi connectivity index (χ1v) is 8.82. The first-order chi connectivity index (χ1) is 11.8. The van der Waals surface area contributed by atoms with Gasteiger partial charge in [-0.3, -0.25) is 4.79 Å². The molecule has 2 aromatic carbocycles. The molecule has 0 N–H and O–H groups in total. The molecule has 0 saturated heterocycles. The van der Waals surface area contributed by atoms with Gasteiger partial charge in [0.15, 0.2) is 0 Å². The van der Waals surface area contributed by atoms with E-state index in [0.29, 0.717) is 11.6 Å². The Morgan fingerprint density at radius 1 is 1.16 bits per heavy atom. The van der Waals surface area contributed by atoms with Gasteiger partial charge in [0.1, 0.15) is 5.75 Å². The molecule has 2 rings (SSSR count). The summed E-state index contributed by atoms with van der Waals surface area (Å²) >= 11 is 7.31. The number of carbonyl (C=O) groups is 1. The number of rotatable bonds is 7. The zero-order chi connectivity index (χ0) is 18.4. The molecule has 1 atom stereocenters. The Morgan fingerprint density at radius 3 is 2.32 bits per heavy atom. The summed E-state index contributed by atoms with van der Waals surface area (Å²) < 4.78 is 28.6. The van der Waals surface area contributed by atoms with Gasteiger partial charge in [0.25, 0.3) is 0 Å². The molecule has 0 radical (unpaired) electrons. The second kappa shape index (κ2) is 9.06. The largest absolute Gasteiger partial charge is 0.435 e. The Bertz CT molecular complexity index is 695. The monoisotopic (exact) mass is 385 g/mol. The molecule has 1 amide bonds. The van der Waals surface area contributed by atoms with E-state index in [-0.39, 0.29) is 16.9 Å². The number of thioether (sulfide) groups is 1. The van der Waals surface area contributed by atoms with Gasteiger partial charge in [0.2, 0.25) is 5.91 Å². The Hall–Kier alpha value is -1.79. The van der Waals surface area contributed by atoms with Crippen molar-refractivity contribution < 1.29 is 18.3 Å². The summed E-state index contributed by atoms with van der Waals surface area (Å²) in [5, 5.41) is 0.396. The first-order valence-electron chi connectivity index (χ1n) is 7.56. The van der Waals surface area contributed by atoms with Crippen molar-refractivity contribution in [3.63, 3.8) is 0 Å². The van der Waals surface area contributed by atoms with Crippen molar-refractivity contribution in [3.05, 3.63) is 59.1 Å². The highest BCUT2D eigenvalue weighted by atomic mass is 35.5. The number of hydrogen-bond acceptors (Lipinski definition) is 3. The highest BCUT2D eigenvalue weighted by molar-refractivity contribution is 8.00. The van der Waals surface area contributed by atoms with E-state index >= 15 is 0 Å². The third-order valence-electron chi connectivity index (χ3n) is 3.42. The van der Waals surface area contributed by atoms with E-state index in [2.05, 4.69) is 4.74 Å². The second-order valence-electron chi connectivity index (χ2n) is 5.43. The van der Waals surface area contributed by atoms with Crippen molar-refractivity contribution in [3.8, 4) is 5.75 Å². The molecule has 1 unspecified atom stereocenters. The maximum atomic E-state index is 12.5. The Labute approximate surface area is 154 Å². The molecule has 0 fully saturated rings. The van der Waals surface area contributed by atoms with Crippen LogP contribution in [0.15, 0.2) is 53.4 Å². The Kier molecular flexibility index (Phi) is 7.08. The van der Waals surface area contributed by atoms with Gasteiger partial charge in [-0.05, 0) is 48.9 Å². The number of benzene rings is 2. The van der Waals surface area contributed by atoms with Crippen LogP contribution in [0.25, 0.3) is 0 Å². The number of carbonyl (C=O) groups excluding carboxylic acids is 1. The van der Waals surface area contributed by atoms with E-state index < -0.39 is 6.61 Å². The summed E-state index contributed by atoms with van der Waals surface area (Å²) in [6.45, 7) is -0.613. The van der Waals surface area contributed by atoms with Crippen LogP contribution in [0.5, 0.6) is 5.75 Å². The van der Waals surface area contributed by atoms with Crippen molar-refractivity contribution in [2.75, 3.05) is 7.05 Å². The van der Waals surface area contributed by atoms with Crippen LogP contribution < -0.4 is 4.74 Å². The number of ether oxygens (including phenoxy) is 1. The van der Waals surface area contributed by atoms with Crippen LogP contribution >= 0.6 is 23.4 Å². The number of hydrogen-bond donors (Lipinski definition) is 0. The van der Waals surface area contributed by atoms with Gasteiger partial charge in [-0.15, -0.1) is 11.8 Å². The molecule has 0 aliphatic carbocycles. The van der Waals surface area contributed by atoms with Gasteiger partial charge in [-0.25, -0.2) is 0 Å². The molecular formula is C18H18ClF2NO2S. The Balaban J connectivity index is 1.91. The summed E-state index contributed by atoms with van der Waals surface area (Å²) in [5.41, 5.74) is 0.834. The average Bonchev–Trinajstić information content (AvgIpc) is 2.57. The van der Waals surface area contributed by atoms with Gasteiger partial charge < -0.3 is 9.64 Å². The van der Waals surface area contributed by atoms with E-state index in [0.717, 1.165) is 10.5 Å². The van der Waals surface area contributed by atoms with E-state index in [1.165, 1.54) is 23.9 Å². The third-order valence-corrected chi connectivity index (χ3v) is 4.77. The maximum absolute atomic E-state index is 12.5. The van der Waals surface area contributed by atoms with Crippen molar-refractivity contribution in [1.82, 2.24) is 4.90 Å². The van der Waals surface area contributed by atoms with Gasteiger partial charge in [0.05, 0.1) is 5.25 Å². The van der Waals surface area contributed by atoms with Crippen LogP contribution in [0, 0.1) is 0 Å². The molecule has 0 heterocycles. The minimum absolute atomic E-state index is 0.0205. The highest BCUT2D eigenvalue weighted by Gasteiger charge is 2.19. The predicted octanol–water partition coefficient (Wildman–Crippen LogP) is 5.08. The molecule has 0 spiro atoms. The van der Waals surface area contributed by atoms with E-state index in [9.17, 15) is 13.6 Å². The normalized spacial score (nSPS) is 12.1. The van der Waals surface area contributed by atoms with Crippen LogP contribution in [0.1, 0.15) is 12.5 Å². The second-order valence-corrected chi connectivity index (χ2v) is 7.28. The zero-order valence-corrected chi connectivity index (χ0v) is 15.4. The molecule has 25 heavy (non-hydrogen) atoms. The molecular weight excluding hydrogens is 368 g/mol. The number of alkyl halides is 2. The molecule has 0 aromatic heterocycles. The average molecular weight is 386 g/mol. The molecule has 0 saturated carbocycles. The smallest absolute Gasteiger partial charge is 0.387 e. The quantitative estimate of drug-likeness (QED) is 0.622. The van der Waals surface area contributed by atoms with Gasteiger partial charge in [-0.2, -0.15) is 8.78 Å². The molecule has 7 heteroatoms. The zero-order valence-electron chi connectivity index (χ0n) is 13.8. The van der Waals surface area contributed by atoms with Crippen molar-refractivity contribution >= 4 is 29.3 Å². The van der Waals surface area contributed by atoms with Gasteiger partial charge in [-0.1, -0.05) is 23.7 Å². The van der Waals surface area contributed by atoms with Crippen LogP contribution in [0.4, 0.5) is 8.78 Å². The van der Waals surface area contributed by atoms with Gasteiger partial charge >= 0.3 is 6.61 Å². The fourth-order valence-electron chi connectivity index (χ4n) is 2.21. The summed E-state index contributed by atoms with van der Waals surface area (Å²) in [6.07, 6.45) is 0. The summed E-state index contributed by atoms with van der Waals surface area (Å²) in [7, 11) is 1.71. The fraction of sp³-hybridized carbons (Fsp3) is 0.278. The topological polar surface area (TPSA) is 29.5 Å². The van der Waals surface area contributed by atoms with E-state index in [1.807, 2.05) is 19.1 Å². The third kappa shape index (κ3) is 6.21. The van der Waals surface area contributed by atoms with Crippen LogP contribution in [-0.4, -0.2) is 29.7 Å². The molecule has 0 aliphatic rings. The van der Waals surface area contributed by atoms with Crippen molar-refractivity contribution in [2.24, 2.45) is 0 Å². The van der Waals surface area contributed by atoms with E-state index in [4.69, 9.17) is 11.6 Å². The minimum atomic E-state index is -2.85. The highest BCUT2D eigenvalue weighted by Crippen LogP contribution is 2.26. The first kappa shape index (κ1) is 19.5. The molecule has 0 bridgehead atoms. The van der Waals surface area contributed by atoms with E-state index in [1.54, 1.807) is 36.2 Å². The summed E-state index contributed by atoms with van der Waals surface area (Å²) in [6, 6.07) is 13.6. The lowest BCUT2D eigenvalue weighted by molar-refractivity contribution is -0.129. The standard InChI is InChI=1S/C18H18ClF2NO2S/c1-12(25-16-9-5-14(19)6-10-16)17(23)22(2)11-13-3-7-15(8-4-13)24-18(20)21/h3-10,12,18H,11H2,1-2H3. The molecule has 134 valence electrons. The van der Waals surface area contributed by atoms with Gasteiger partial charge in [0, 0.05) is 23.5 Å². The maximum Gasteiger partial charge on any atom is 0.387 e. The van der Waals surface area contributed by atoms with Crippen LogP contribution in [-0.2, 0) is 11.3 Å². The fourth-order valence-corrected chi connectivity index (χ4v) is 3.31. The van der Waals surface area contributed by atoms with Crippen LogP contribution in [0.3, 0.4) is 0 Å². The van der Waals surface area contributed by atoms with Crippen molar-refractivity contribution in [2.45, 2.75) is 30.2 Å². The lowest BCUT2D eigenvalue weighted by Crippen LogP contribution is -2.32. The Morgan fingerprint density at radius 2 is 1.76 bits per heavy atom.